The van der Waals surface area contributed by atoms with Gasteiger partial charge in [0.25, 0.3) is 0 Å². The van der Waals surface area contributed by atoms with E-state index in [2.05, 4.69) is 25.0 Å². The molecular formula is C19H22N6O3S. The van der Waals surface area contributed by atoms with Crippen LogP contribution in [0.2, 0.25) is 0 Å². The molecule has 2 N–H and O–H groups in total. The lowest BCUT2D eigenvalue weighted by molar-refractivity contribution is -0.115. The number of hydrogen-bond acceptors (Lipinski definition) is 6. The molecule has 152 valence electrons. The summed E-state index contributed by atoms with van der Waals surface area (Å²) in [5.41, 5.74) is 1.73. The predicted octanol–water partition coefficient (Wildman–Crippen LogP) is 1.98. The number of aryl methyl sites for hydroxylation is 1. The zero-order valence-electron chi connectivity index (χ0n) is 16.2. The molecule has 0 atom stereocenters. The van der Waals surface area contributed by atoms with E-state index in [1.54, 1.807) is 57.0 Å². The number of carbonyl (C=O) groups is 1. The number of rotatable bonds is 8. The quantitative estimate of drug-likeness (QED) is 0.582. The maximum Gasteiger partial charge on any atom is 0.240 e. The summed E-state index contributed by atoms with van der Waals surface area (Å²) in [7, 11) is -3.70. The molecule has 29 heavy (non-hydrogen) atoms. The Hall–Kier alpha value is -3.11. The minimum atomic E-state index is -3.70. The summed E-state index contributed by atoms with van der Waals surface area (Å²) < 4.78 is 29.8. The Morgan fingerprint density at radius 3 is 2.69 bits per heavy atom. The van der Waals surface area contributed by atoms with Crippen LogP contribution in [0.15, 0.2) is 54.1 Å². The Morgan fingerprint density at radius 2 is 2.00 bits per heavy atom. The molecule has 2 aromatic heterocycles. The summed E-state index contributed by atoms with van der Waals surface area (Å²) in [6.07, 6.45) is 8.50. The van der Waals surface area contributed by atoms with E-state index in [1.807, 2.05) is 4.57 Å². The molecule has 0 aliphatic carbocycles. The summed E-state index contributed by atoms with van der Waals surface area (Å²) in [5.74, 6) is 0.488. The van der Waals surface area contributed by atoms with Gasteiger partial charge in [-0.2, -0.15) is 0 Å². The van der Waals surface area contributed by atoms with E-state index in [1.165, 1.54) is 6.07 Å². The molecule has 1 amide bonds. The molecule has 2 heterocycles. The molecule has 0 bridgehead atoms. The summed E-state index contributed by atoms with van der Waals surface area (Å²) >= 11 is 0. The average molecular weight is 414 g/mol. The molecule has 0 spiro atoms. The molecule has 0 fully saturated rings. The first-order valence-electron chi connectivity index (χ1n) is 9.08. The fraction of sp³-hybridized carbons (Fsp3) is 0.263. The highest BCUT2D eigenvalue weighted by Gasteiger charge is 2.17. The third kappa shape index (κ3) is 5.04. The van der Waals surface area contributed by atoms with E-state index in [0.717, 1.165) is 0 Å². The van der Waals surface area contributed by atoms with E-state index >= 15 is 0 Å². The normalized spacial score (nSPS) is 11.4. The molecule has 1 aromatic carbocycles. The first kappa shape index (κ1) is 20.6. The van der Waals surface area contributed by atoms with Crippen molar-refractivity contribution in [3.63, 3.8) is 0 Å². The number of nitrogens with one attached hydrogen (secondary N) is 2. The minimum absolute atomic E-state index is 0.127. The molecule has 0 unspecified atom stereocenters. The van der Waals surface area contributed by atoms with Crippen molar-refractivity contribution in [2.75, 3.05) is 11.9 Å². The molecule has 3 aromatic rings. The zero-order valence-corrected chi connectivity index (χ0v) is 17.0. The topological polar surface area (TPSA) is 119 Å². The van der Waals surface area contributed by atoms with Gasteiger partial charge < -0.3 is 9.88 Å². The fourth-order valence-electron chi connectivity index (χ4n) is 2.79. The van der Waals surface area contributed by atoms with Crippen LogP contribution in [-0.2, 0) is 21.4 Å². The van der Waals surface area contributed by atoms with Gasteiger partial charge in [-0.15, -0.1) is 0 Å². The summed E-state index contributed by atoms with van der Waals surface area (Å²) in [6, 6.07) is 4.71. The lowest BCUT2D eigenvalue weighted by atomic mass is 10.2. The number of benzene rings is 1. The van der Waals surface area contributed by atoms with Gasteiger partial charge in [-0.05, 0) is 30.7 Å². The van der Waals surface area contributed by atoms with Gasteiger partial charge in [-0.25, -0.2) is 23.1 Å². The van der Waals surface area contributed by atoms with E-state index in [4.69, 9.17) is 0 Å². The molecule has 0 saturated carbocycles. The third-order valence-corrected chi connectivity index (χ3v) is 5.84. The first-order chi connectivity index (χ1) is 13.9. The van der Waals surface area contributed by atoms with Crippen LogP contribution in [0.3, 0.4) is 0 Å². The molecule has 0 radical (unpaired) electrons. The van der Waals surface area contributed by atoms with Gasteiger partial charge in [-0.1, -0.05) is 6.92 Å². The monoisotopic (exact) mass is 414 g/mol. The van der Waals surface area contributed by atoms with Gasteiger partial charge in [0, 0.05) is 50.0 Å². The lowest BCUT2D eigenvalue weighted by Gasteiger charge is -2.12. The van der Waals surface area contributed by atoms with Crippen molar-refractivity contribution in [2.45, 2.75) is 31.7 Å². The van der Waals surface area contributed by atoms with Crippen LogP contribution in [0.5, 0.6) is 0 Å². The van der Waals surface area contributed by atoms with E-state index in [-0.39, 0.29) is 17.3 Å². The minimum Gasteiger partial charge on any atom is -0.328 e. The molecule has 10 heteroatoms. The molecular weight excluding hydrogens is 392 g/mol. The molecule has 0 aliphatic rings. The highest BCUT2D eigenvalue weighted by Crippen LogP contribution is 2.20. The second-order valence-electron chi connectivity index (χ2n) is 6.31. The number of imidazole rings is 1. The zero-order chi connectivity index (χ0) is 20.9. The van der Waals surface area contributed by atoms with E-state index < -0.39 is 10.0 Å². The highest BCUT2D eigenvalue weighted by molar-refractivity contribution is 7.89. The van der Waals surface area contributed by atoms with Crippen LogP contribution < -0.4 is 10.0 Å². The highest BCUT2D eigenvalue weighted by atomic mass is 32.2. The van der Waals surface area contributed by atoms with Gasteiger partial charge in [-0.3, -0.25) is 9.78 Å². The largest absolute Gasteiger partial charge is 0.328 e. The van der Waals surface area contributed by atoms with Crippen molar-refractivity contribution >= 4 is 21.6 Å². The number of aromatic nitrogens is 4. The van der Waals surface area contributed by atoms with Crippen LogP contribution in [-0.4, -0.2) is 40.4 Å². The summed E-state index contributed by atoms with van der Waals surface area (Å²) in [6.45, 7) is 4.01. The Balaban J connectivity index is 1.67. The second kappa shape index (κ2) is 8.93. The third-order valence-electron chi connectivity index (χ3n) is 4.22. The summed E-state index contributed by atoms with van der Waals surface area (Å²) in [4.78, 5) is 24.2. The number of anilines is 1. The van der Waals surface area contributed by atoms with Crippen molar-refractivity contribution in [3.05, 3.63) is 54.7 Å². The second-order valence-corrected chi connectivity index (χ2v) is 8.05. The Bertz CT molecular complexity index is 1100. The number of nitrogens with zero attached hydrogens (tertiary/aromatic N) is 4. The Kier molecular flexibility index (Phi) is 6.35. The molecule has 0 saturated heterocycles. The van der Waals surface area contributed by atoms with Gasteiger partial charge in [0.05, 0.1) is 11.1 Å². The summed E-state index contributed by atoms with van der Waals surface area (Å²) in [5, 5.41) is 2.72. The van der Waals surface area contributed by atoms with Crippen molar-refractivity contribution in [3.8, 4) is 11.5 Å². The molecule has 9 nitrogen and oxygen atoms in total. The van der Waals surface area contributed by atoms with Crippen LogP contribution in [0, 0.1) is 6.92 Å². The Labute approximate surface area is 169 Å². The van der Waals surface area contributed by atoms with Crippen LogP contribution in [0.25, 0.3) is 11.5 Å². The van der Waals surface area contributed by atoms with Gasteiger partial charge >= 0.3 is 0 Å². The van der Waals surface area contributed by atoms with Crippen molar-refractivity contribution in [2.24, 2.45) is 0 Å². The Morgan fingerprint density at radius 1 is 1.17 bits per heavy atom. The maximum absolute atomic E-state index is 12.7. The van der Waals surface area contributed by atoms with Crippen molar-refractivity contribution < 1.29 is 13.2 Å². The smallest absolute Gasteiger partial charge is 0.240 e. The van der Waals surface area contributed by atoms with Gasteiger partial charge in [0.15, 0.2) is 5.82 Å². The number of amides is 1. The standard InChI is InChI=1S/C19H22N6O3S/c1-3-18(26)24-15-4-5-17(14(2)12-15)29(27,28)23-9-11-25-10-8-22-19(25)16-13-20-6-7-21-16/h4-8,10,12-13,23H,3,9,11H2,1-2H3,(H,24,26). The predicted molar refractivity (Wildman–Crippen MR) is 109 cm³/mol. The van der Waals surface area contributed by atoms with Crippen LogP contribution in [0.4, 0.5) is 5.69 Å². The first-order valence-corrected chi connectivity index (χ1v) is 10.6. The number of hydrogen-bond donors (Lipinski definition) is 2. The van der Waals surface area contributed by atoms with Gasteiger partial charge in [0.1, 0.15) is 5.69 Å². The van der Waals surface area contributed by atoms with Gasteiger partial charge in [0.2, 0.25) is 15.9 Å². The maximum atomic E-state index is 12.7. The van der Waals surface area contributed by atoms with Crippen LogP contribution in [0.1, 0.15) is 18.9 Å². The van der Waals surface area contributed by atoms with E-state index in [0.29, 0.717) is 35.7 Å². The van der Waals surface area contributed by atoms with Crippen LogP contribution >= 0.6 is 0 Å². The lowest BCUT2D eigenvalue weighted by Crippen LogP contribution is -2.28. The van der Waals surface area contributed by atoms with Crippen molar-refractivity contribution in [1.29, 1.82) is 0 Å². The van der Waals surface area contributed by atoms with E-state index in [9.17, 15) is 13.2 Å². The SMILES string of the molecule is CCC(=O)Nc1ccc(S(=O)(=O)NCCn2ccnc2-c2cnccn2)c(C)c1. The molecule has 0 aliphatic heterocycles. The number of sulfonamides is 1. The number of carbonyl (C=O) groups excluding carboxylic acids is 1. The van der Waals surface area contributed by atoms with Crippen molar-refractivity contribution in [1.82, 2.24) is 24.2 Å². The molecule has 3 rings (SSSR count). The average Bonchev–Trinajstić information content (AvgIpc) is 3.16. The fourth-order valence-corrected chi connectivity index (χ4v) is 4.04.